The molecule has 0 fully saturated rings. The van der Waals surface area contributed by atoms with Crippen LogP contribution in [0.5, 0.6) is 0 Å². The van der Waals surface area contributed by atoms with Crippen LogP contribution in [0.15, 0.2) is 78.9 Å². The molecule has 0 aliphatic heterocycles. The SMILES string of the molecule is CCN(CC)c1ccc(C)c(C(c2cc(N(CC)CC)ccc2C)c2cccc3ccccc23)c1. The number of nitrogens with zero attached hydrogens (tertiary/aromatic N) is 2. The molecule has 0 radical (unpaired) electrons. The third-order valence-electron chi connectivity index (χ3n) is 7.54. The lowest BCUT2D eigenvalue weighted by atomic mass is 9.79. The molecule has 2 nitrogen and oxygen atoms in total. The van der Waals surface area contributed by atoms with Crippen molar-refractivity contribution in [2.24, 2.45) is 0 Å². The van der Waals surface area contributed by atoms with Crippen LogP contribution in [0.3, 0.4) is 0 Å². The second-order valence-electron chi connectivity index (χ2n) is 9.43. The summed E-state index contributed by atoms with van der Waals surface area (Å²) in [5.41, 5.74) is 9.45. The molecular formula is C33H40N2. The lowest BCUT2D eigenvalue weighted by Gasteiger charge is -2.29. The van der Waals surface area contributed by atoms with Gasteiger partial charge in [0.05, 0.1) is 0 Å². The number of aryl methyl sites for hydroxylation is 2. The zero-order valence-electron chi connectivity index (χ0n) is 22.3. The molecule has 182 valence electrons. The summed E-state index contributed by atoms with van der Waals surface area (Å²) in [6.45, 7) is 17.5. The molecule has 0 heterocycles. The molecule has 0 unspecified atom stereocenters. The zero-order chi connectivity index (χ0) is 24.9. The summed E-state index contributed by atoms with van der Waals surface area (Å²) in [6.07, 6.45) is 0. The molecule has 0 aliphatic carbocycles. The Labute approximate surface area is 212 Å². The molecule has 0 atom stereocenters. The summed E-state index contributed by atoms with van der Waals surface area (Å²) in [5.74, 6) is 0.159. The van der Waals surface area contributed by atoms with E-state index in [1.54, 1.807) is 0 Å². The highest BCUT2D eigenvalue weighted by atomic mass is 15.1. The summed E-state index contributed by atoms with van der Waals surface area (Å²) < 4.78 is 0. The van der Waals surface area contributed by atoms with E-state index in [0.29, 0.717) is 0 Å². The second-order valence-corrected chi connectivity index (χ2v) is 9.43. The number of anilines is 2. The van der Waals surface area contributed by atoms with Crippen LogP contribution in [-0.4, -0.2) is 26.2 Å². The van der Waals surface area contributed by atoms with Gasteiger partial charge in [-0.1, -0.05) is 54.6 Å². The van der Waals surface area contributed by atoms with Crippen LogP contribution in [-0.2, 0) is 0 Å². The summed E-state index contributed by atoms with van der Waals surface area (Å²) >= 11 is 0. The van der Waals surface area contributed by atoms with Gasteiger partial charge in [0, 0.05) is 43.5 Å². The van der Waals surface area contributed by atoms with Crippen molar-refractivity contribution in [3.8, 4) is 0 Å². The quantitative estimate of drug-likeness (QED) is 0.230. The van der Waals surface area contributed by atoms with Gasteiger partial charge in [0.15, 0.2) is 0 Å². The molecule has 4 rings (SSSR count). The van der Waals surface area contributed by atoms with Crippen molar-refractivity contribution in [2.45, 2.75) is 47.5 Å². The number of hydrogen-bond donors (Lipinski definition) is 0. The molecule has 0 N–H and O–H groups in total. The van der Waals surface area contributed by atoms with Crippen LogP contribution >= 0.6 is 0 Å². The average molecular weight is 465 g/mol. The highest BCUT2D eigenvalue weighted by Gasteiger charge is 2.24. The second kappa shape index (κ2) is 11.0. The van der Waals surface area contributed by atoms with E-state index in [9.17, 15) is 0 Å². The Morgan fingerprint density at radius 2 is 1.03 bits per heavy atom. The third kappa shape index (κ3) is 4.93. The van der Waals surface area contributed by atoms with Gasteiger partial charge < -0.3 is 9.80 Å². The van der Waals surface area contributed by atoms with E-state index in [-0.39, 0.29) is 5.92 Å². The van der Waals surface area contributed by atoms with E-state index in [1.165, 1.54) is 50.0 Å². The van der Waals surface area contributed by atoms with Gasteiger partial charge in [-0.25, -0.2) is 0 Å². The van der Waals surface area contributed by atoms with E-state index in [0.717, 1.165) is 26.2 Å². The summed E-state index contributed by atoms with van der Waals surface area (Å²) in [4.78, 5) is 4.89. The lowest BCUT2D eigenvalue weighted by molar-refractivity contribution is 0.856. The van der Waals surface area contributed by atoms with Gasteiger partial charge in [-0.3, -0.25) is 0 Å². The zero-order valence-corrected chi connectivity index (χ0v) is 22.3. The normalized spacial score (nSPS) is 11.3. The Morgan fingerprint density at radius 1 is 0.543 bits per heavy atom. The standard InChI is InChI=1S/C33H40N2/c1-7-34(8-2)27-20-18-24(5)31(22-27)33(30-17-13-15-26-14-11-12-16-29(26)30)32-23-28(21-19-25(32)6)35(9-3)10-4/h11-23,33H,7-10H2,1-6H3. The van der Waals surface area contributed by atoms with Crippen LogP contribution in [0.25, 0.3) is 10.8 Å². The van der Waals surface area contributed by atoms with Crippen LogP contribution < -0.4 is 9.80 Å². The first-order chi connectivity index (χ1) is 17.0. The molecule has 0 amide bonds. The molecule has 0 aliphatic rings. The molecule has 0 spiro atoms. The first-order valence-corrected chi connectivity index (χ1v) is 13.2. The van der Waals surface area contributed by atoms with E-state index in [1.807, 2.05) is 0 Å². The summed E-state index contributed by atoms with van der Waals surface area (Å²) in [5, 5.41) is 2.63. The van der Waals surface area contributed by atoms with Crippen LogP contribution in [0.1, 0.15) is 61.4 Å². The minimum atomic E-state index is 0.159. The fourth-order valence-corrected chi connectivity index (χ4v) is 5.45. The lowest BCUT2D eigenvalue weighted by Crippen LogP contribution is -2.23. The summed E-state index contributed by atoms with van der Waals surface area (Å²) in [7, 11) is 0. The number of hydrogen-bond acceptors (Lipinski definition) is 2. The van der Waals surface area contributed by atoms with Crippen molar-refractivity contribution in [1.82, 2.24) is 0 Å². The summed E-state index contributed by atoms with van der Waals surface area (Å²) in [6, 6.07) is 29.7. The maximum absolute atomic E-state index is 2.45. The van der Waals surface area contributed by atoms with E-state index < -0.39 is 0 Å². The molecule has 2 heteroatoms. The molecule has 0 saturated heterocycles. The Hall–Kier alpha value is -3.26. The smallest absolute Gasteiger partial charge is 0.0369 e. The third-order valence-corrected chi connectivity index (χ3v) is 7.54. The minimum absolute atomic E-state index is 0.159. The first-order valence-electron chi connectivity index (χ1n) is 13.2. The van der Waals surface area contributed by atoms with Crippen LogP contribution in [0, 0.1) is 13.8 Å². The van der Waals surface area contributed by atoms with Crippen LogP contribution in [0.4, 0.5) is 11.4 Å². The maximum Gasteiger partial charge on any atom is 0.0369 e. The number of benzene rings is 4. The van der Waals surface area contributed by atoms with Crippen molar-refractivity contribution in [3.05, 3.63) is 107 Å². The van der Waals surface area contributed by atoms with Crippen LogP contribution in [0.2, 0.25) is 0 Å². The number of fused-ring (bicyclic) bond motifs is 1. The van der Waals surface area contributed by atoms with Crippen molar-refractivity contribution >= 4 is 22.1 Å². The van der Waals surface area contributed by atoms with Gasteiger partial charge in [0.2, 0.25) is 0 Å². The van der Waals surface area contributed by atoms with Crippen molar-refractivity contribution in [2.75, 3.05) is 36.0 Å². The Morgan fingerprint density at radius 3 is 1.54 bits per heavy atom. The first kappa shape index (κ1) is 24.9. The van der Waals surface area contributed by atoms with Gasteiger partial charge in [-0.15, -0.1) is 0 Å². The van der Waals surface area contributed by atoms with E-state index in [2.05, 4.69) is 130 Å². The van der Waals surface area contributed by atoms with Crippen molar-refractivity contribution in [3.63, 3.8) is 0 Å². The fraction of sp³-hybridized carbons (Fsp3) is 0.333. The minimum Gasteiger partial charge on any atom is -0.372 e. The van der Waals surface area contributed by atoms with Gasteiger partial charge in [0.1, 0.15) is 0 Å². The Kier molecular flexibility index (Phi) is 7.80. The van der Waals surface area contributed by atoms with E-state index in [4.69, 9.17) is 0 Å². The van der Waals surface area contributed by atoms with Gasteiger partial charge >= 0.3 is 0 Å². The highest BCUT2D eigenvalue weighted by molar-refractivity contribution is 5.87. The molecule has 4 aromatic rings. The molecule has 0 aromatic heterocycles. The fourth-order valence-electron chi connectivity index (χ4n) is 5.45. The number of rotatable bonds is 9. The molecule has 35 heavy (non-hydrogen) atoms. The topological polar surface area (TPSA) is 6.48 Å². The molecular weight excluding hydrogens is 424 g/mol. The largest absolute Gasteiger partial charge is 0.372 e. The molecule has 4 aromatic carbocycles. The predicted octanol–water partition coefficient (Wildman–Crippen LogP) is 8.33. The molecule has 0 saturated carbocycles. The van der Waals surface area contributed by atoms with Gasteiger partial charge in [-0.2, -0.15) is 0 Å². The Bertz CT molecular complexity index is 1210. The molecule has 0 bridgehead atoms. The average Bonchev–Trinajstić information content (AvgIpc) is 2.89. The van der Waals surface area contributed by atoms with Gasteiger partial charge in [0.25, 0.3) is 0 Å². The van der Waals surface area contributed by atoms with Crippen molar-refractivity contribution < 1.29 is 0 Å². The maximum atomic E-state index is 2.45. The predicted molar refractivity (Wildman–Crippen MR) is 154 cm³/mol. The highest BCUT2D eigenvalue weighted by Crippen LogP contribution is 2.41. The van der Waals surface area contributed by atoms with Gasteiger partial charge in [-0.05, 0) is 104 Å². The monoisotopic (exact) mass is 464 g/mol. The van der Waals surface area contributed by atoms with E-state index >= 15 is 0 Å². The van der Waals surface area contributed by atoms with Crippen molar-refractivity contribution in [1.29, 1.82) is 0 Å². The Balaban J connectivity index is 2.02.